The van der Waals surface area contributed by atoms with E-state index in [-0.39, 0.29) is 6.61 Å². The first-order valence-corrected chi connectivity index (χ1v) is 9.19. The lowest BCUT2D eigenvalue weighted by Gasteiger charge is -2.24. The fraction of sp³-hybridized carbons (Fsp3) is 0.273. The maximum absolute atomic E-state index is 12.6. The monoisotopic (exact) mass is 400 g/mol. The SMILES string of the molecule is Cc1cc2oc(=O)cc(COC(=O)C(C)(C)Oc3ccc(Cl)cc3)c2cc1C. The van der Waals surface area contributed by atoms with Gasteiger partial charge in [-0.1, -0.05) is 11.6 Å². The molecule has 0 aliphatic rings. The molecular weight excluding hydrogens is 380 g/mol. The van der Waals surface area contributed by atoms with E-state index in [1.807, 2.05) is 26.0 Å². The molecule has 146 valence electrons. The van der Waals surface area contributed by atoms with Crippen LogP contribution in [0.25, 0.3) is 11.0 Å². The predicted molar refractivity (Wildman–Crippen MR) is 108 cm³/mol. The van der Waals surface area contributed by atoms with E-state index in [4.69, 9.17) is 25.5 Å². The van der Waals surface area contributed by atoms with Crippen molar-refractivity contribution in [3.05, 3.63) is 74.6 Å². The second-order valence-electron chi connectivity index (χ2n) is 7.17. The Hall–Kier alpha value is -2.79. The fourth-order valence-corrected chi connectivity index (χ4v) is 2.88. The topological polar surface area (TPSA) is 65.7 Å². The molecule has 0 N–H and O–H groups in total. The van der Waals surface area contributed by atoms with Crippen molar-refractivity contribution in [1.82, 2.24) is 0 Å². The van der Waals surface area contributed by atoms with Gasteiger partial charge in [-0.2, -0.15) is 0 Å². The zero-order chi connectivity index (χ0) is 20.5. The van der Waals surface area contributed by atoms with Crippen molar-refractivity contribution in [2.75, 3.05) is 0 Å². The molecule has 0 aliphatic carbocycles. The van der Waals surface area contributed by atoms with Gasteiger partial charge in [-0.25, -0.2) is 9.59 Å². The molecule has 0 bridgehead atoms. The molecule has 5 nitrogen and oxygen atoms in total. The summed E-state index contributed by atoms with van der Waals surface area (Å²) in [7, 11) is 0. The van der Waals surface area contributed by atoms with E-state index in [1.54, 1.807) is 38.1 Å². The molecule has 28 heavy (non-hydrogen) atoms. The molecule has 0 saturated carbocycles. The zero-order valence-corrected chi connectivity index (χ0v) is 16.9. The van der Waals surface area contributed by atoms with Crippen molar-refractivity contribution in [3.63, 3.8) is 0 Å². The van der Waals surface area contributed by atoms with Crippen molar-refractivity contribution < 1.29 is 18.7 Å². The minimum absolute atomic E-state index is 0.0587. The lowest BCUT2D eigenvalue weighted by Crippen LogP contribution is -2.39. The maximum Gasteiger partial charge on any atom is 0.350 e. The standard InChI is InChI=1S/C22H21ClO5/c1-13-9-18-15(11-20(24)27-19(18)10-14(13)2)12-26-21(25)22(3,4)28-17-7-5-16(23)6-8-17/h5-11H,12H2,1-4H3. The minimum atomic E-state index is -1.21. The molecule has 6 heteroatoms. The van der Waals surface area contributed by atoms with Gasteiger partial charge in [0.2, 0.25) is 0 Å². The van der Waals surface area contributed by atoms with Gasteiger partial charge in [0, 0.05) is 22.0 Å². The summed E-state index contributed by atoms with van der Waals surface area (Å²) in [5.41, 5.74) is 1.43. The van der Waals surface area contributed by atoms with Crippen molar-refractivity contribution in [3.8, 4) is 5.75 Å². The average Bonchev–Trinajstić information content (AvgIpc) is 2.62. The summed E-state index contributed by atoms with van der Waals surface area (Å²) >= 11 is 5.86. The summed E-state index contributed by atoms with van der Waals surface area (Å²) in [6.45, 7) is 7.09. The fourth-order valence-electron chi connectivity index (χ4n) is 2.76. The van der Waals surface area contributed by atoms with Crippen LogP contribution in [0.2, 0.25) is 5.02 Å². The summed E-state index contributed by atoms with van der Waals surface area (Å²) < 4.78 is 16.5. The van der Waals surface area contributed by atoms with Gasteiger partial charge in [0.25, 0.3) is 0 Å². The number of hydrogen-bond donors (Lipinski definition) is 0. The third-order valence-electron chi connectivity index (χ3n) is 4.48. The van der Waals surface area contributed by atoms with Crippen LogP contribution < -0.4 is 10.4 Å². The number of ether oxygens (including phenoxy) is 2. The predicted octanol–water partition coefficient (Wildman–Crippen LogP) is 4.96. The Morgan fingerprint density at radius 2 is 1.71 bits per heavy atom. The molecule has 0 amide bonds. The Kier molecular flexibility index (Phi) is 5.47. The molecule has 0 spiro atoms. The first kappa shape index (κ1) is 20.0. The Balaban J connectivity index is 1.79. The molecule has 3 aromatic rings. The van der Waals surface area contributed by atoms with Crippen molar-refractivity contribution in [2.45, 2.75) is 39.9 Å². The number of halogens is 1. The van der Waals surface area contributed by atoms with Crippen molar-refractivity contribution in [1.29, 1.82) is 0 Å². The summed E-state index contributed by atoms with van der Waals surface area (Å²) in [6, 6.07) is 11.8. The molecule has 3 rings (SSSR count). The first-order valence-electron chi connectivity index (χ1n) is 8.81. The second-order valence-corrected chi connectivity index (χ2v) is 7.60. The molecule has 0 fully saturated rings. The van der Waals surface area contributed by atoms with Crippen LogP contribution in [0, 0.1) is 13.8 Å². The number of benzene rings is 2. The highest BCUT2D eigenvalue weighted by molar-refractivity contribution is 6.30. The first-order chi connectivity index (χ1) is 13.2. The van der Waals surface area contributed by atoms with Gasteiger partial charge in [0.05, 0.1) is 0 Å². The maximum atomic E-state index is 12.6. The number of rotatable bonds is 5. The minimum Gasteiger partial charge on any atom is -0.476 e. The number of carbonyl (C=O) groups excluding carboxylic acids is 1. The normalized spacial score (nSPS) is 11.5. The van der Waals surface area contributed by atoms with Crippen molar-refractivity contribution >= 4 is 28.5 Å². The third-order valence-corrected chi connectivity index (χ3v) is 4.73. The van der Waals surface area contributed by atoms with Gasteiger partial charge in [-0.15, -0.1) is 0 Å². The lowest BCUT2D eigenvalue weighted by atomic mass is 10.0. The van der Waals surface area contributed by atoms with E-state index in [9.17, 15) is 9.59 Å². The molecule has 0 saturated heterocycles. The molecule has 2 aromatic carbocycles. The summed E-state index contributed by atoms with van der Waals surface area (Å²) in [5.74, 6) is -0.0454. The quantitative estimate of drug-likeness (QED) is 0.447. The summed E-state index contributed by atoms with van der Waals surface area (Å²) in [6.07, 6.45) is 0. The highest BCUT2D eigenvalue weighted by atomic mass is 35.5. The summed E-state index contributed by atoms with van der Waals surface area (Å²) in [5, 5.41) is 1.32. The third kappa shape index (κ3) is 4.37. The summed E-state index contributed by atoms with van der Waals surface area (Å²) in [4.78, 5) is 24.4. The largest absolute Gasteiger partial charge is 0.476 e. The zero-order valence-electron chi connectivity index (χ0n) is 16.2. The highest BCUT2D eigenvalue weighted by Crippen LogP contribution is 2.24. The van der Waals surface area contributed by atoms with Crippen molar-refractivity contribution in [2.24, 2.45) is 0 Å². The van der Waals surface area contributed by atoms with Gasteiger partial charge in [-0.05, 0) is 75.2 Å². The van der Waals surface area contributed by atoms with Gasteiger partial charge < -0.3 is 13.9 Å². The number of esters is 1. The molecular formula is C22H21ClO5. The molecule has 0 aliphatic heterocycles. The molecule has 0 atom stereocenters. The molecule has 1 heterocycles. The number of hydrogen-bond acceptors (Lipinski definition) is 5. The van der Waals surface area contributed by atoms with Crippen LogP contribution in [0.15, 0.2) is 51.7 Å². The van der Waals surface area contributed by atoms with Crippen LogP contribution in [0.1, 0.15) is 30.5 Å². The van der Waals surface area contributed by atoms with E-state index in [1.165, 1.54) is 6.07 Å². The highest BCUT2D eigenvalue weighted by Gasteiger charge is 2.32. The molecule has 0 unspecified atom stereocenters. The number of fused-ring (bicyclic) bond motifs is 1. The Labute approximate surface area is 167 Å². The van der Waals surface area contributed by atoms with Crippen LogP contribution in [-0.2, 0) is 16.1 Å². The Morgan fingerprint density at radius 1 is 1.07 bits per heavy atom. The van der Waals surface area contributed by atoms with Crippen LogP contribution in [0.3, 0.4) is 0 Å². The van der Waals surface area contributed by atoms with Crippen LogP contribution in [0.5, 0.6) is 5.75 Å². The van der Waals surface area contributed by atoms with E-state index in [2.05, 4.69) is 0 Å². The Morgan fingerprint density at radius 3 is 2.39 bits per heavy atom. The van der Waals surface area contributed by atoms with Crippen LogP contribution in [0.4, 0.5) is 0 Å². The van der Waals surface area contributed by atoms with Gasteiger partial charge in [-0.3, -0.25) is 0 Å². The number of aryl methyl sites for hydroxylation is 2. The van der Waals surface area contributed by atoms with E-state index < -0.39 is 17.2 Å². The second kappa shape index (κ2) is 7.68. The van der Waals surface area contributed by atoms with E-state index in [0.717, 1.165) is 16.5 Å². The van der Waals surface area contributed by atoms with Gasteiger partial charge in [0.1, 0.15) is 17.9 Å². The lowest BCUT2D eigenvalue weighted by molar-refractivity contribution is -0.160. The van der Waals surface area contributed by atoms with Crippen LogP contribution >= 0.6 is 11.6 Å². The van der Waals surface area contributed by atoms with E-state index >= 15 is 0 Å². The van der Waals surface area contributed by atoms with Gasteiger partial charge in [0.15, 0.2) is 5.60 Å². The van der Waals surface area contributed by atoms with E-state index in [0.29, 0.717) is 21.9 Å². The smallest absolute Gasteiger partial charge is 0.350 e. The Bertz CT molecular complexity index is 1080. The average molecular weight is 401 g/mol. The van der Waals surface area contributed by atoms with Gasteiger partial charge >= 0.3 is 11.6 Å². The molecule has 1 aromatic heterocycles. The number of carbonyl (C=O) groups is 1. The van der Waals surface area contributed by atoms with Crippen LogP contribution in [-0.4, -0.2) is 11.6 Å². The molecule has 0 radical (unpaired) electrons.